The molecule has 3 rings (SSSR count). The van der Waals surface area contributed by atoms with E-state index in [0.29, 0.717) is 12.4 Å². The second-order valence-corrected chi connectivity index (χ2v) is 5.68. The summed E-state index contributed by atoms with van der Waals surface area (Å²) in [5.74, 6) is 0.447. The van der Waals surface area contributed by atoms with Crippen molar-refractivity contribution >= 4 is 5.91 Å². The molecule has 0 unspecified atom stereocenters. The fourth-order valence-electron chi connectivity index (χ4n) is 2.78. The van der Waals surface area contributed by atoms with Crippen LogP contribution in [0.3, 0.4) is 0 Å². The average molecular weight is 334 g/mol. The number of aromatic nitrogens is 3. The Morgan fingerprint density at radius 1 is 1.29 bits per heavy atom. The van der Waals surface area contributed by atoms with Gasteiger partial charge in [-0.25, -0.2) is 14.1 Å². The van der Waals surface area contributed by atoms with E-state index in [0.717, 1.165) is 44.6 Å². The number of aliphatic hydroxyl groups is 1. The molecule has 1 fully saturated rings. The van der Waals surface area contributed by atoms with Crippen molar-refractivity contribution in [2.75, 3.05) is 7.11 Å². The standard InChI is InChI=1S/C16H19FN4O.CH4O/c17-14-10-20-21(11-14)15-7-6-12(8-18-15)9-19-16(22)13-4-2-1-3-5-13;1-2/h6-8,10-11,13H,1-5,9H2,(H,19,22);2H,1H3. The first kappa shape index (κ1) is 18.1. The molecule has 24 heavy (non-hydrogen) atoms. The van der Waals surface area contributed by atoms with Gasteiger partial charge in [-0.05, 0) is 24.5 Å². The fourth-order valence-corrected chi connectivity index (χ4v) is 2.78. The average Bonchev–Trinajstić information content (AvgIpc) is 3.09. The normalized spacial score (nSPS) is 14.6. The number of carbonyl (C=O) groups is 1. The molecule has 0 bridgehead atoms. The summed E-state index contributed by atoms with van der Waals surface area (Å²) in [6, 6.07) is 3.62. The highest BCUT2D eigenvalue weighted by Crippen LogP contribution is 2.23. The summed E-state index contributed by atoms with van der Waals surface area (Å²) in [5, 5.41) is 13.8. The quantitative estimate of drug-likeness (QED) is 0.898. The maximum absolute atomic E-state index is 12.9. The van der Waals surface area contributed by atoms with Gasteiger partial charge >= 0.3 is 0 Å². The molecule has 1 amide bonds. The Hall–Kier alpha value is -2.28. The van der Waals surface area contributed by atoms with Crippen LogP contribution in [-0.4, -0.2) is 32.9 Å². The van der Waals surface area contributed by atoms with Crippen molar-refractivity contribution in [1.29, 1.82) is 0 Å². The smallest absolute Gasteiger partial charge is 0.223 e. The highest BCUT2D eigenvalue weighted by Gasteiger charge is 2.20. The third kappa shape index (κ3) is 4.86. The molecule has 2 aromatic rings. The van der Waals surface area contributed by atoms with Crippen LogP contribution in [0, 0.1) is 11.7 Å². The van der Waals surface area contributed by atoms with Gasteiger partial charge in [-0.2, -0.15) is 5.10 Å². The molecule has 1 saturated carbocycles. The lowest BCUT2D eigenvalue weighted by atomic mass is 9.88. The zero-order valence-corrected chi connectivity index (χ0v) is 13.8. The number of carbonyl (C=O) groups excluding carboxylic acids is 1. The van der Waals surface area contributed by atoms with Crippen LogP contribution in [0.1, 0.15) is 37.7 Å². The number of rotatable bonds is 4. The summed E-state index contributed by atoms with van der Waals surface area (Å²) in [6.07, 6.45) is 9.61. The summed E-state index contributed by atoms with van der Waals surface area (Å²) in [4.78, 5) is 16.3. The van der Waals surface area contributed by atoms with Crippen LogP contribution >= 0.6 is 0 Å². The second-order valence-electron chi connectivity index (χ2n) is 5.68. The monoisotopic (exact) mass is 334 g/mol. The Kier molecular flexibility index (Phi) is 6.87. The largest absolute Gasteiger partial charge is 0.400 e. The fraction of sp³-hybridized carbons (Fsp3) is 0.471. The molecule has 130 valence electrons. The Labute approximate surface area is 140 Å². The van der Waals surface area contributed by atoms with Crippen molar-refractivity contribution in [3.8, 4) is 5.82 Å². The summed E-state index contributed by atoms with van der Waals surface area (Å²) >= 11 is 0. The number of halogens is 1. The third-order valence-electron chi connectivity index (χ3n) is 4.04. The predicted octanol–water partition coefficient (Wildman–Crippen LogP) is 2.21. The topological polar surface area (TPSA) is 80.0 Å². The number of amides is 1. The van der Waals surface area contributed by atoms with E-state index >= 15 is 0 Å². The minimum Gasteiger partial charge on any atom is -0.400 e. The molecule has 1 aliphatic carbocycles. The number of hydrogen-bond donors (Lipinski definition) is 2. The summed E-state index contributed by atoms with van der Waals surface area (Å²) in [6.45, 7) is 0.468. The van der Waals surface area contributed by atoms with Gasteiger partial charge in [-0.15, -0.1) is 0 Å². The van der Waals surface area contributed by atoms with Crippen molar-refractivity contribution in [2.24, 2.45) is 5.92 Å². The van der Waals surface area contributed by atoms with Crippen molar-refractivity contribution in [3.63, 3.8) is 0 Å². The summed E-state index contributed by atoms with van der Waals surface area (Å²) < 4.78 is 14.3. The Balaban J connectivity index is 0.00000100. The third-order valence-corrected chi connectivity index (χ3v) is 4.04. The number of pyridine rings is 1. The maximum Gasteiger partial charge on any atom is 0.223 e. The van der Waals surface area contributed by atoms with E-state index in [1.54, 1.807) is 12.3 Å². The van der Waals surface area contributed by atoms with E-state index in [2.05, 4.69) is 15.4 Å². The number of nitrogens with one attached hydrogen (secondary N) is 1. The molecular formula is C17H23FN4O2. The van der Waals surface area contributed by atoms with Crippen LogP contribution in [0.15, 0.2) is 30.7 Å². The van der Waals surface area contributed by atoms with E-state index in [-0.39, 0.29) is 11.8 Å². The van der Waals surface area contributed by atoms with Crippen LogP contribution in [0.2, 0.25) is 0 Å². The van der Waals surface area contributed by atoms with Crippen molar-refractivity contribution in [1.82, 2.24) is 20.1 Å². The zero-order valence-electron chi connectivity index (χ0n) is 13.8. The van der Waals surface area contributed by atoms with Crippen molar-refractivity contribution < 1.29 is 14.3 Å². The van der Waals surface area contributed by atoms with Gasteiger partial charge < -0.3 is 10.4 Å². The summed E-state index contributed by atoms with van der Waals surface area (Å²) in [7, 11) is 1.00. The molecule has 6 nitrogen and oxygen atoms in total. The molecule has 0 saturated heterocycles. The number of aliphatic hydroxyl groups excluding tert-OH is 1. The first-order valence-electron chi connectivity index (χ1n) is 8.10. The number of hydrogen-bond acceptors (Lipinski definition) is 4. The van der Waals surface area contributed by atoms with Gasteiger partial charge in [0.1, 0.15) is 0 Å². The first-order valence-corrected chi connectivity index (χ1v) is 8.10. The Morgan fingerprint density at radius 3 is 2.62 bits per heavy atom. The molecule has 2 aromatic heterocycles. The van der Waals surface area contributed by atoms with Crippen LogP contribution in [0.25, 0.3) is 5.82 Å². The van der Waals surface area contributed by atoms with Gasteiger partial charge in [0, 0.05) is 25.8 Å². The van der Waals surface area contributed by atoms with Crippen LogP contribution in [0.5, 0.6) is 0 Å². The Morgan fingerprint density at radius 2 is 2.04 bits per heavy atom. The van der Waals surface area contributed by atoms with Gasteiger partial charge in [0.2, 0.25) is 5.91 Å². The van der Waals surface area contributed by atoms with Gasteiger partial charge in [0.05, 0.1) is 12.4 Å². The molecule has 2 N–H and O–H groups in total. The number of nitrogens with zero attached hydrogens (tertiary/aromatic N) is 3. The highest BCUT2D eigenvalue weighted by molar-refractivity contribution is 5.78. The van der Waals surface area contributed by atoms with Gasteiger partial charge in [-0.3, -0.25) is 4.79 Å². The van der Waals surface area contributed by atoms with Gasteiger partial charge in [0.15, 0.2) is 11.6 Å². The molecule has 0 radical (unpaired) electrons. The van der Waals surface area contributed by atoms with E-state index < -0.39 is 5.82 Å². The van der Waals surface area contributed by atoms with Crippen LogP contribution in [-0.2, 0) is 11.3 Å². The van der Waals surface area contributed by atoms with Gasteiger partial charge in [0.25, 0.3) is 0 Å². The molecule has 0 aliphatic heterocycles. The van der Waals surface area contributed by atoms with Crippen molar-refractivity contribution in [3.05, 3.63) is 42.1 Å². The first-order chi connectivity index (χ1) is 11.7. The highest BCUT2D eigenvalue weighted by atomic mass is 19.1. The summed E-state index contributed by atoms with van der Waals surface area (Å²) in [5.41, 5.74) is 0.917. The van der Waals surface area contributed by atoms with Crippen LogP contribution < -0.4 is 5.32 Å². The Bertz CT molecular complexity index is 636. The molecule has 1 aliphatic rings. The minimum atomic E-state index is -0.398. The SMILES string of the molecule is CO.O=C(NCc1ccc(-n2cc(F)cn2)nc1)C1CCCCC1. The van der Waals surface area contributed by atoms with E-state index in [1.807, 2.05) is 6.07 Å². The lowest BCUT2D eigenvalue weighted by Gasteiger charge is -2.20. The van der Waals surface area contributed by atoms with E-state index in [4.69, 9.17) is 5.11 Å². The second kappa shape index (κ2) is 9.12. The molecule has 0 atom stereocenters. The lowest BCUT2D eigenvalue weighted by Crippen LogP contribution is -2.31. The van der Waals surface area contributed by atoms with E-state index in [9.17, 15) is 9.18 Å². The zero-order chi connectivity index (χ0) is 17.4. The predicted molar refractivity (Wildman–Crippen MR) is 87.9 cm³/mol. The maximum atomic E-state index is 12.9. The lowest BCUT2D eigenvalue weighted by molar-refractivity contribution is -0.126. The molecule has 0 spiro atoms. The molecule has 0 aromatic carbocycles. The molecule has 7 heteroatoms. The molecule has 2 heterocycles. The van der Waals surface area contributed by atoms with Crippen molar-refractivity contribution in [2.45, 2.75) is 38.6 Å². The molecular weight excluding hydrogens is 311 g/mol. The van der Waals surface area contributed by atoms with Crippen LogP contribution in [0.4, 0.5) is 4.39 Å². The minimum absolute atomic E-state index is 0.137. The van der Waals surface area contributed by atoms with E-state index in [1.165, 1.54) is 17.3 Å². The van der Waals surface area contributed by atoms with Gasteiger partial charge in [-0.1, -0.05) is 25.3 Å².